The standard InChI is InChI=1S/C18H22O6/c1-18(2)23-16-4-11(8-20)13(6-17(16)24-18)12-5-15-14(21-9-22-15)3-10(12)7-19/h3,5,7,11,13,16-17,20H,4,6,8-9H2,1-2H3/t11-,13-,16-,17+/m1/s1. The fourth-order valence-corrected chi connectivity index (χ4v) is 4.19. The van der Waals surface area contributed by atoms with Crippen LogP contribution < -0.4 is 9.47 Å². The summed E-state index contributed by atoms with van der Waals surface area (Å²) in [7, 11) is 0. The van der Waals surface area contributed by atoms with Crippen LogP contribution in [0.4, 0.5) is 0 Å². The third-order valence-corrected chi connectivity index (χ3v) is 5.21. The molecule has 2 fully saturated rings. The molecule has 4 rings (SSSR count). The van der Waals surface area contributed by atoms with Crippen molar-refractivity contribution in [1.29, 1.82) is 0 Å². The van der Waals surface area contributed by atoms with E-state index in [4.69, 9.17) is 18.9 Å². The molecule has 1 aromatic carbocycles. The lowest BCUT2D eigenvalue weighted by molar-refractivity contribution is -0.145. The Balaban J connectivity index is 1.69. The molecule has 1 saturated heterocycles. The Morgan fingerprint density at radius 3 is 2.50 bits per heavy atom. The van der Waals surface area contributed by atoms with Crippen molar-refractivity contribution in [3.05, 3.63) is 23.3 Å². The van der Waals surface area contributed by atoms with E-state index in [0.717, 1.165) is 11.8 Å². The summed E-state index contributed by atoms with van der Waals surface area (Å²) >= 11 is 0. The summed E-state index contributed by atoms with van der Waals surface area (Å²) in [6.07, 6.45) is 2.22. The zero-order valence-electron chi connectivity index (χ0n) is 13.9. The van der Waals surface area contributed by atoms with Crippen LogP contribution in [-0.4, -0.2) is 42.8 Å². The second-order valence-electron chi connectivity index (χ2n) is 7.19. The predicted molar refractivity (Wildman–Crippen MR) is 84.3 cm³/mol. The first-order valence-electron chi connectivity index (χ1n) is 8.36. The minimum absolute atomic E-state index is 0.0120. The minimum Gasteiger partial charge on any atom is -0.454 e. The van der Waals surface area contributed by atoms with Gasteiger partial charge in [-0.1, -0.05) is 0 Å². The predicted octanol–water partition coefficient (Wildman–Crippen LogP) is 2.23. The van der Waals surface area contributed by atoms with Crippen molar-refractivity contribution >= 4 is 6.29 Å². The van der Waals surface area contributed by atoms with Crippen molar-refractivity contribution in [2.75, 3.05) is 13.4 Å². The van der Waals surface area contributed by atoms with Crippen molar-refractivity contribution in [2.45, 2.75) is 50.6 Å². The van der Waals surface area contributed by atoms with Gasteiger partial charge in [-0.15, -0.1) is 0 Å². The van der Waals surface area contributed by atoms with Crippen LogP contribution in [0.2, 0.25) is 0 Å². The van der Waals surface area contributed by atoms with Gasteiger partial charge in [-0.25, -0.2) is 0 Å². The Morgan fingerprint density at radius 1 is 1.17 bits per heavy atom. The van der Waals surface area contributed by atoms with Gasteiger partial charge in [-0.05, 0) is 56.2 Å². The quantitative estimate of drug-likeness (QED) is 0.855. The maximum Gasteiger partial charge on any atom is 0.231 e. The zero-order valence-corrected chi connectivity index (χ0v) is 13.9. The van der Waals surface area contributed by atoms with Gasteiger partial charge in [0.15, 0.2) is 17.3 Å². The van der Waals surface area contributed by atoms with Crippen molar-refractivity contribution in [2.24, 2.45) is 5.92 Å². The van der Waals surface area contributed by atoms with Crippen molar-refractivity contribution in [3.63, 3.8) is 0 Å². The van der Waals surface area contributed by atoms with E-state index in [9.17, 15) is 9.90 Å². The van der Waals surface area contributed by atoms with Crippen LogP contribution in [0.1, 0.15) is 48.5 Å². The highest BCUT2D eigenvalue weighted by Gasteiger charge is 2.48. The van der Waals surface area contributed by atoms with E-state index in [0.29, 0.717) is 29.9 Å². The highest BCUT2D eigenvalue weighted by molar-refractivity contribution is 5.80. The number of fused-ring (bicyclic) bond motifs is 2. The van der Waals surface area contributed by atoms with Crippen molar-refractivity contribution in [1.82, 2.24) is 0 Å². The summed E-state index contributed by atoms with van der Waals surface area (Å²) in [6, 6.07) is 3.60. The summed E-state index contributed by atoms with van der Waals surface area (Å²) in [5.41, 5.74) is 1.47. The monoisotopic (exact) mass is 334 g/mol. The molecule has 130 valence electrons. The van der Waals surface area contributed by atoms with Crippen LogP contribution >= 0.6 is 0 Å². The van der Waals surface area contributed by atoms with Crippen molar-refractivity contribution < 1.29 is 28.8 Å². The molecule has 2 aliphatic heterocycles. The van der Waals surface area contributed by atoms with Gasteiger partial charge >= 0.3 is 0 Å². The van der Waals surface area contributed by atoms with E-state index in [1.807, 2.05) is 19.9 Å². The summed E-state index contributed by atoms with van der Waals surface area (Å²) in [6.45, 7) is 4.03. The molecular formula is C18H22O6. The fourth-order valence-electron chi connectivity index (χ4n) is 4.19. The van der Waals surface area contributed by atoms with Gasteiger partial charge in [0, 0.05) is 12.2 Å². The Bertz CT molecular complexity index is 655. The molecule has 0 aromatic heterocycles. The topological polar surface area (TPSA) is 74.2 Å². The van der Waals surface area contributed by atoms with Gasteiger partial charge in [0.05, 0.1) is 12.2 Å². The lowest BCUT2D eigenvalue weighted by Gasteiger charge is -2.36. The normalized spacial score (nSPS) is 33.3. The van der Waals surface area contributed by atoms with Crippen LogP contribution in [0.25, 0.3) is 0 Å². The maximum atomic E-state index is 11.6. The molecule has 3 aliphatic rings. The molecule has 0 unspecified atom stereocenters. The van der Waals surface area contributed by atoms with Crippen LogP contribution in [0.3, 0.4) is 0 Å². The third kappa shape index (κ3) is 2.59. The SMILES string of the molecule is CC1(C)O[C@H]2C[C@@H](c3cc4c(cc3C=O)OCO4)[C@@H](CO)C[C@H]2O1. The smallest absolute Gasteiger partial charge is 0.231 e. The highest BCUT2D eigenvalue weighted by atomic mass is 16.8. The van der Waals surface area contributed by atoms with Crippen LogP contribution in [0.5, 0.6) is 11.5 Å². The summed E-state index contributed by atoms with van der Waals surface area (Å²) in [4.78, 5) is 11.6. The summed E-state index contributed by atoms with van der Waals surface area (Å²) in [5.74, 6) is 0.674. The number of carbonyl (C=O) groups excluding carboxylic acids is 1. The Labute approximate surface area is 140 Å². The maximum absolute atomic E-state index is 11.6. The second kappa shape index (κ2) is 5.72. The van der Waals surface area contributed by atoms with Crippen molar-refractivity contribution in [3.8, 4) is 11.5 Å². The molecule has 24 heavy (non-hydrogen) atoms. The average molecular weight is 334 g/mol. The van der Waals surface area contributed by atoms with Gasteiger partial charge in [0.2, 0.25) is 6.79 Å². The van der Waals surface area contributed by atoms with E-state index >= 15 is 0 Å². The third-order valence-electron chi connectivity index (χ3n) is 5.21. The van der Waals surface area contributed by atoms with Gasteiger partial charge < -0.3 is 24.1 Å². The number of hydrogen-bond acceptors (Lipinski definition) is 6. The number of hydrogen-bond donors (Lipinski definition) is 1. The summed E-state index contributed by atoms with van der Waals surface area (Å²) < 4.78 is 22.8. The molecule has 1 N–H and O–H groups in total. The van der Waals surface area contributed by atoms with E-state index in [-0.39, 0.29) is 37.4 Å². The second-order valence-corrected chi connectivity index (χ2v) is 7.19. The number of carbonyl (C=O) groups is 1. The first-order chi connectivity index (χ1) is 11.5. The van der Waals surface area contributed by atoms with Crippen LogP contribution in [0.15, 0.2) is 12.1 Å². The number of aliphatic hydroxyl groups is 1. The first kappa shape index (κ1) is 15.9. The van der Waals surface area contributed by atoms with Gasteiger partial charge in [0.1, 0.15) is 6.29 Å². The molecule has 0 spiro atoms. The fraction of sp³-hybridized carbons (Fsp3) is 0.611. The van der Waals surface area contributed by atoms with Gasteiger partial charge in [0.25, 0.3) is 0 Å². The van der Waals surface area contributed by atoms with E-state index in [1.165, 1.54) is 0 Å². The molecule has 1 saturated carbocycles. The number of aliphatic hydroxyl groups excluding tert-OH is 1. The molecule has 0 radical (unpaired) electrons. The molecule has 0 bridgehead atoms. The van der Waals surface area contributed by atoms with Gasteiger partial charge in [-0.3, -0.25) is 4.79 Å². The Kier molecular flexibility index (Phi) is 3.78. The molecule has 2 heterocycles. The number of benzene rings is 1. The molecule has 4 atom stereocenters. The minimum atomic E-state index is -0.605. The van der Waals surface area contributed by atoms with Gasteiger partial charge in [-0.2, -0.15) is 0 Å². The van der Waals surface area contributed by atoms with Crippen LogP contribution in [-0.2, 0) is 9.47 Å². The van der Waals surface area contributed by atoms with E-state index in [2.05, 4.69) is 0 Å². The molecular weight excluding hydrogens is 312 g/mol. The Morgan fingerprint density at radius 2 is 1.83 bits per heavy atom. The molecule has 1 aromatic rings. The van der Waals surface area contributed by atoms with Crippen LogP contribution in [0, 0.1) is 5.92 Å². The average Bonchev–Trinajstić information content (AvgIpc) is 3.12. The molecule has 1 aliphatic carbocycles. The van der Waals surface area contributed by atoms with E-state index < -0.39 is 5.79 Å². The first-order valence-corrected chi connectivity index (χ1v) is 8.36. The number of aldehydes is 1. The molecule has 0 amide bonds. The lowest BCUT2D eigenvalue weighted by Crippen LogP contribution is -2.37. The highest BCUT2D eigenvalue weighted by Crippen LogP contribution is 2.48. The number of rotatable bonds is 3. The zero-order chi connectivity index (χ0) is 16.9. The largest absolute Gasteiger partial charge is 0.454 e. The van der Waals surface area contributed by atoms with E-state index in [1.54, 1.807) is 6.07 Å². The Hall–Kier alpha value is -1.63. The molecule has 6 nitrogen and oxygen atoms in total. The number of ether oxygens (including phenoxy) is 4. The molecule has 6 heteroatoms. The summed E-state index contributed by atoms with van der Waals surface area (Å²) in [5, 5.41) is 9.89. The lowest BCUT2D eigenvalue weighted by atomic mass is 9.72.